The van der Waals surface area contributed by atoms with Gasteiger partial charge in [0, 0.05) is 5.88 Å². The van der Waals surface area contributed by atoms with E-state index in [0.29, 0.717) is 5.92 Å². The normalized spacial score (nSPS) is 16.9. The third kappa shape index (κ3) is 6.68. The molecule has 0 radical (unpaired) electrons. The zero-order chi connectivity index (χ0) is 8.85. The quantitative estimate of drug-likeness (QED) is 0.557. The van der Waals surface area contributed by atoms with Gasteiger partial charge in [-0.2, -0.15) is 0 Å². The van der Waals surface area contributed by atoms with Crippen molar-refractivity contribution in [2.45, 2.75) is 40.5 Å². The van der Waals surface area contributed by atoms with Gasteiger partial charge in [-0.1, -0.05) is 27.7 Å². The average Bonchev–Trinajstić information content (AvgIpc) is 1.85. The number of rotatable bonds is 5. The Bertz CT molecular complexity index is 88.9. The third-order valence-electron chi connectivity index (χ3n) is 1.94. The van der Waals surface area contributed by atoms with Crippen molar-refractivity contribution in [1.82, 2.24) is 0 Å². The summed E-state index contributed by atoms with van der Waals surface area (Å²) in [5, 5.41) is 0. The number of halogens is 1. The van der Waals surface area contributed by atoms with Crippen LogP contribution < -0.4 is 0 Å². The minimum atomic E-state index is 0.686. The topological polar surface area (TPSA) is 0 Å². The first kappa shape index (κ1) is 11.3. The van der Waals surface area contributed by atoms with Crippen LogP contribution in [0.3, 0.4) is 0 Å². The summed E-state index contributed by atoms with van der Waals surface area (Å²) >= 11 is 5.73. The smallest absolute Gasteiger partial charge is 0.0249 e. The molecule has 0 N–H and O–H groups in total. The Labute approximate surface area is 76.3 Å². The van der Waals surface area contributed by atoms with Gasteiger partial charge in [0.15, 0.2) is 0 Å². The van der Waals surface area contributed by atoms with Gasteiger partial charge in [-0.05, 0) is 30.6 Å². The Morgan fingerprint density at radius 1 is 0.909 bits per heavy atom. The fourth-order valence-electron chi connectivity index (χ4n) is 1.65. The second-order valence-corrected chi connectivity index (χ2v) is 4.54. The van der Waals surface area contributed by atoms with E-state index in [0.717, 1.165) is 17.7 Å². The molecule has 0 aliphatic carbocycles. The highest BCUT2D eigenvalue weighted by Crippen LogP contribution is 2.19. The maximum Gasteiger partial charge on any atom is 0.0249 e. The van der Waals surface area contributed by atoms with Gasteiger partial charge in [0.1, 0.15) is 0 Å². The van der Waals surface area contributed by atoms with Crippen LogP contribution in [0.2, 0.25) is 0 Å². The summed E-state index contributed by atoms with van der Waals surface area (Å²) in [5.41, 5.74) is 0. The second-order valence-electron chi connectivity index (χ2n) is 4.23. The predicted molar refractivity (Wildman–Crippen MR) is 53.1 cm³/mol. The van der Waals surface area contributed by atoms with Gasteiger partial charge in [0.25, 0.3) is 0 Å². The van der Waals surface area contributed by atoms with Gasteiger partial charge in [-0.25, -0.2) is 0 Å². The minimum Gasteiger partial charge on any atom is -0.126 e. The molecule has 2 atom stereocenters. The molecule has 0 aromatic carbocycles. The van der Waals surface area contributed by atoms with Crippen molar-refractivity contribution in [3.8, 4) is 0 Å². The summed E-state index contributed by atoms with van der Waals surface area (Å²) in [6.45, 7) is 9.11. The van der Waals surface area contributed by atoms with Gasteiger partial charge >= 0.3 is 0 Å². The van der Waals surface area contributed by atoms with Crippen LogP contribution in [-0.2, 0) is 0 Å². The van der Waals surface area contributed by atoms with Gasteiger partial charge < -0.3 is 0 Å². The molecule has 0 spiro atoms. The Hall–Kier alpha value is 0.290. The second kappa shape index (κ2) is 5.88. The fraction of sp³-hybridized carbons (Fsp3) is 1.00. The lowest BCUT2D eigenvalue weighted by molar-refractivity contribution is 0.370. The lowest BCUT2D eigenvalue weighted by Gasteiger charge is -2.16. The molecule has 68 valence electrons. The monoisotopic (exact) mass is 176 g/mol. The molecule has 2 unspecified atom stereocenters. The van der Waals surface area contributed by atoms with Crippen LogP contribution in [0.4, 0.5) is 0 Å². The van der Waals surface area contributed by atoms with E-state index in [2.05, 4.69) is 27.7 Å². The molecule has 0 heterocycles. The van der Waals surface area contributed by atoms with Gasteiger partial charge in [0.05, 0.1) is 0 Å². The van der Waals surface area contributed by atoms with Gasteiger partial charge in [-0.15, -0.1) is 11.6 Å². The molecule has 0 bridgehead atoms. The number of hydrogen-bond acceptors (Lipinski definition) is 0. The van der Waals surface area contributed by atoms with E-state index in [9.17, 15) is 0 Å². The van der Waals surface area contributed by atoms with E-state index in [-0.39, 0.29) is 0 Å². The van der Waals surface area contributed by atoms with Crippen LogP contribution in [0.1, 0.15) is 40.5 Å². The Morgan fingerprint density at radius 2 is 1.45 bits per heavy atom. The molecule has 0 fully saturated rings. The first-order valence-electron chi connectivity index (χ1n) is 4.62. The van der Waals surface area contributed by atoms with Gasteiger partial charge in [-0.3, -0.25) is 0 Å². The Morgan fingerprint density at radius 3 is 1.82 bits per heavy atom. The first-order valence-corrected chi connectivity index (χ1v) is 5.15. The van der Waals surface area contributed by atoms with E-state index < -0.39 is 0 Å². The Balaban J connectivity index is 3.43. The van der Waals surface area contributed by atoms with Crippen LogP contribution in [0.5, 0.6) is 0 Å². The summed E-state index contributed by atoms with van der Waals surface area (Å²) in [6, 6.07) is 0. The largest absolute Gasteiger partial charge is 0.126 e. The van der Waals surface area contributed by atoms with E-state index in [4.69, 9.17) is 11.6 Å². The molecule has 0 aromatic rings. The van der Waals surface area contributed by atoms with Crippen LogP contribution in [0.15, 0.2) is 0 Å². The Kier molecular flexibility index (Phi) is 6.03. The van der Waals surface area contributed by atoms with Crippen molar-refractivity contribution in [3.63, 3.8) is 0 Å². The summed E-state index contributed by atoms with van der Waals surface area (Å²) in [4.78, 5) is 0. The lowest BCUT2D eigenvalue weighted by atomic mass is 9.91. The molecule has 1 heteroatoms. The third-order valence-corrected chi connectivity index (χ3v) is 2.47. The summed E-state index contributed by atoms with van der Waals surface area (Å²) in [6.07, 6.45) is 2.61. The number of alkyl halides is 1. The van der Waals surface area contributed by atoms with Crippen LogP contribution >= 0.6 is 11.6 Å². The summed E-state index contributed by atoms with van der Waals surface area (Å²) in [7, 11) is 0. The highest BCUT2D eigenvalue weighted by Gasteiger charge is 2.08. The fourth-order valence-corrected chi connectivity index (χ4v) is 1.78. The van der Waals surface area contributed by atoms with E-state index in [1.807, 2.05) is 0 Å². The standard InChI is InChI=1S/C10H21Cl/c1-8(2)5-9(3)6-10(4)7-11/h8-10H,5-7H2,1-4H3. The van der Waals surface area contributed by atoms with E-state index in [1.54, 1.807) is 0 Å². The molecular weight excluding hydrogens is 156 g/mol. The predicted octanol–water partition coefficient (Wildman–Crippen LogP) is 3.93. The van der Waals surface area contributed by atoms with Crippen LogP contribution in [0.25, 0.3) is 0 Å². The maximum absolute atomic E-state index is 5.73. The zero-order valence-electron chi connectivity index (χ0n) is 8.23. The highest BCUT2D eigenvalue weighted by molar-refractivity contribution is 6.18. The average molecular weight is 177 g/mol. The molecular formula is C10H21Cl. The van der Waals surface area contributed by atoms with Gasteiger partial charge in [0.2, 0.25) is 0 Å². The van der Waals surface area contributed by atoms with Crippen molar-refractivity contribution >= 4 is 11.6 Å². The molecule has 0 nitrogen and oxygen atoms in total. The van der Waals surface area contributed by atoms with Crippen molar-refractivity contribution in [2.75, 3.05) is 5.88 Å². The lowest BCUT2D eigenvalue weighted by Crippen LogP contribution is -2.06. The van der Waals surface area contributed by atoms with Crippen LogP contribution in [-0.4, -0.2) is 5.88 Å². The molecule has 0 aliphatic heterocycles. The molecule has 0 aliphatic rings. The number of hydrogen-bond donors (Lipinski definition) is 0. The molecule has 0 aromatic heterocycles. The zero-order valence-corrected chi connectivity index (χ0v) is 8.99. The molecule has 11 heavy (non-hydrogen) atoms. The van der Waals surface area contributed by atoms with E-state index >= 15 is 0 Å². The maximum atomic E-state index is 5.73. The molecule has 0 saturated heterocycles. The van der Waals surface area contributed by atoms with Crippen LogP contribution in [0, 0.1) is 17.8 Å². The van der Waals surface area contributed by atoms with Crippen molar-refractivity contribution in [1.29, 1.82) is 0 Å². The molecule has 0 saturated carbocycles. The molecule has 0 amide bonds. The van der Waals surface area contributed by atoms with Crippen molar-refractivity contribution < 1.29 is 0 Å². The highest BCUT2D eigenvalue weighted by atomic mass is 35.5. The first-order chi connectivity index (χ1) is 5.06. The van der Waals surface area contributed by atoms with Crippen molar-refractivity contribution in [2.24, 2.45) is 17.8 Å². The van der Waals surface area contributed by atoms with Crippen molar-refractivity contribution in [3.05, 3.63) is 0 Å². The minimum absolute atomic E-state index is 0.686. The SMILES string of the molecule is CC(C)CC(C)CC(C)CCl. The summed E-state index contributed by atoms with van der Waals surface area (Å²) in [5.74, 6) is 3.16. The summed E-state index contributed by atoms with van der Waals surface area (Å²) < 4.78 is 0. The molecule has 0 rings (SSSR count). The van der Waals surface area contributed by atoms with E-state index in [1.165, 1.54) is 12.8 Å².